The van der Waals surface area contributed by atoms with Gasteiger partial charge in [-0.1, -0.05) is 30.3 Å². The standard InChI is InChI=1S/C20H22N6O2S/c1-13-16(29-18(22-13)14-8-4-3-5-9-14)17(27)21-12-15-23-19(25-20(24-15)28-2)26-10-6-7-11-26/h3-5,8-9H,6-7,10-12H2,1-2H3,(H,21,27). The zero-order chi connectivity index (χ0) is 20.2. The molecule has 2 aromatic heterocycles. The number of aryl methyl sites for hydroxylation is 1. The molecule has 4 rings (SSSR count). The summed E-state index contributed by atoms with van der Waals surface area (Å²) in [6.07, 6.45) is 2.24. The molecule has 150 valence electrons. The van der Waals surface area contributed by atoms with Crippen LogP contribution in [0.2, 0.25) is 0 Å². The monoisotopic (exact) mass is 410 g/mol. The van der Waals surface area contributed by atoms with Crippen LogP contribution in [-0.4, -0.2) is 46.0 Å². The third-order valence-corrected chi connectivity index (χ3v) is 5.86. The second-order valence-corrected chi connectivity index (χ2v) is 7.71. The number of hydrogen-bond donors (Lipinski definition) is 1. The lowest BCUT2D eigenvalue weighted by atomic mass is 10.2. The first-order valence-electron chi connectivity index (χ1n) is 9.49. The Labute approximate surface area is 173 Å². The Morgan fingerprint density at radius 2 is 1.90 bits per heavy atom. The third kappa shape index (κ3) is 4.34. The molecule has 1 aliphatic heterocycles. The summed E-state index contributed by atoms with van der Waals surface area (Å²) < 4.78 is 5.21. The average molecular weight is 411 g/mol. The number of anilines is 1. The van der Waals surface area contributed by atoms with Crippen molar-refractivity contribution in [2.75, 3.05) is 25.1 Å². The van der Waals surface area contributed by atoms with E-state index in [9.17, 15) is 4.79 Å². The van der Waals surface area contributed by atoms with Crippen LogP contribution >= 0.6 is 11.3 Å². The smallest absolute Gasteiger partial charge is 0.321 e. The zero-order valence-corrected chi connectivity index (χ0v) is 17.2. The first-order valence-corrected chi connectivity index (χ1v) is 10.3. The van der Waals surface area contributed by atoms with Crippen molar-refractivity contribution in [2.45, 2.75) is 26.3 Å². The number of amides is 1. The van der Waals surface area contributed by atoms with Crippen LogP contribution in [0.25, 0.3) is 10.6 Å². The van der Waals surface area contributed by atoms with Gasteiger partial charge in [0.15, 0.2) is 5.82 Å². The average Bonchev–Trinajstić information content (AvgIpc) is 3.42. The van der Waals surface area contributed by atoms with Gasteiger partial charge in [0.25, 0.3) is 5.91 Å². The molecule has 0 unspecified atom stereocenters. The molecule has 1 saturated heterocycles. The summed E-state index contributed by atoms with van der Waals surface area (Å²) in [7, 11) is 1.53. The molecule has 1 fully saturated rings. The van der Waals surface area contributed by atoms with E-state index in [4.69, 9.17) is 4.74 Å². The fourth-order valence-electron chi connectivity index (χ4n) is 3.17. The molecule has 0 bridgehead atoms. The molecule has 9 heteroatoms. The predicted molar refractivity (Wildman–Crippen MR) is 111 cm³/mol. The lowest BCUT2D eigenvalue weighted by molar-refractivity contribution is 0.0953. The molecule has 0 atom stereocenters. The van der Waals surface area contributed by atoms with Crippen LogP contribution in [-0.2, 0) is 6.54 Å². The minimum atomic E-state index is -0.190. The number of carbonyl (C=O) groups excluding carboxylic acids is 1. The Kier molecular flexibility index (Phi) is 5.66. The van der Waals surface area contributed by atoms with E-state index >= 15 is 0 Å². The summed E-state index contributed by atoms with van der Waals surface area (Å²) in [5, 5.41) is 3.72. The minimum Gasteiger partial charge on any atom is -0.467 e. The van der Waals surface area contributed by atoms with Crippen molar-refractivity contribution in [3.63, 3.8) is 0 Å². The Hall–Kier alpha value is -3.07. The van der Waals surface area contributed by atoms with Crippen LogP contribution in [0, 0.1) is 6.92 Å². The van der Waals surface area contributed by atoms with Gasteiger partial charge in [-0.25, -0.2) is 4.98 Å². The normalized spacial score (nSPS) is 13.5. The molecular weight excluding hydrogens is 388 g/mol. The molecule has 1 aliphatic rings. The lowest BCUT2D eigenvalue weighted by Crippen LogP contribution is -2.26. The molecule has 0 radical (unpaired) electrons. The number of aromatic nitrogens is 4. The van der Waals surface area contributed by atoms with Crippen molar-refractivity contribution in [1.29, 1.82) is 0 Å². The maximum Gasteiger partial charge on any atom is 0.321 e. The van der Waals surface area contributed by atoms with Crippen molar-refractivity contribution >= 4 is 23.2 Å². The molecule has 0 spiro atoms. The van der Waals surface area contributed by atoms with E-state index in [-0.39, 0.29) is 18.5 Å². The minimum absolute atomic E-state index is 0.190. The first-order chi connectivity index (χ1) is 14.1. The number of nitrogens with zero attached hydrogens (tertiary/aromatic N) is 5. The second kappa shape index (κ2) is 8.52. The summed E-state index contributed by atoms with van der Waals surface area (Å²) in [5.41, 5.74) is 1.70. The van der Waals surface area contributed by atoms with Crippen molar-refractivity contribution < 1.29 is 9.53 Å². The largest absolute Gasteiger partial charge is 0.467 e. The first kappa shape index (κ1) is 19.3. The van der Waals surface area contributed by atoms with E-state index in [1.807, 2.05) is 37.3 Å². The summed E-state index contributed by atoms with van der Waals surface area (Å²) in [6.45, 7) is 3.87. The predicted octanol–water partition coefficient (Wildman–Crippen LogP) is 2.84. The molecular formula is C20H22N6O2S. The van der Waals surface area contributed by atoms with Crippen molar-refractivity contribution in [3.05, 3.63) is 46.7 Å². The van der Waals surface area contributed by atoms with E-state index in [1.54, 1.807) is 0 Å². The third-order valence-electron chi connectivity index (χ3n) is 4.65. The number of methoxy groups -OCH3 is 1. The van der Waals surface area contributed by atoms with Crippen LogP contribution in [0.4, 0.5) is 5.95 Å². The molecule has 0 aliphatic carbocycles. The van der Waals surface area contributed by atoms with Crippen molar-refractivity contribution in [3.8, 4) is 16.6 Å². The SMILES string of the molecule is COc1nc(CNC(=O)c2sc(-c3ccccc3)nc2C)nc(N2CCCC2)n1. The number of thiazole rings is 1. The van der Waals surface area contributed by atoms with E-state index in [0.717, 1.165) is 36.5 Å². The van der Waals surface area contributed by atoms with Crippen molar-refractivity contribution in [1.82, 2.24) is 25.3 Å². The van der Waals surface area contributed by atoms with Gasteiger partial charge in [0.05, 0.1) is 19.3 Å². The topological polar surface area (TPSA) is 93.1 Å². The summed E-state index contributed by atoms with van der Waals surface area (Å²) in [5.74, 6) is 0.876. The van der Waals surface area contributed by atoms with Crippen LogP contribution in [0.15, 0.2) is 30.3 Å². The Morgan fingerprint density at radius 1 is 1.14 bits per heavy atom. The number of nitrogens with one attached hydrogen (secondary N) is 1. The van der Waals surface area contributed by atoms with E-state index < -0.39 is 0 Å². The molecule has 1 N–H and O–H groups in total. The Morgan fingerprint density at radius 3 is 2.62 bits per heavy atom. The highest BCUT2D eigenvalue weighted by Crippen LogP contribution is 2.27. The number of carbonyl (C=O) groups is 1. The number of hydrogen-bond acceptors (Lipinski definition) is 8. The van der Waals surface area contributed by atoms with Gasteiger partial charge in [-0.05, 0) is 19.8 Å². The van der Waals surface area contributed by atoms with Gasteiger partial charge >= 0.3 is 6.01 Å². The highest BCUT2D eigenvalue weighted by Gasteiger charge is 2.19. The number of benzene rings is 1. The quantitative estimate of drug-likeness (QED) is 0.668. The van der Waals surface area contributed by atoms with Gasteiger partial charge in [0.1, 0.15) is 9.88 Å². The molecule has 1 aromatic carbocycles. The summed E-state index contributed by atoms with van der Waals surface area (Å²) >= 11 is 1.38. The van der Waals surface area contributed by atoms with Gasteiger partial charge in [-0.2, -0.15) is 15.0 Å². The van der Waals surface area contributed by atoms with E-state index in [1.165, 1.54) is 18.4 Å². The highest BCUT2D eigenvalue weighted by molar-refractivity contribution is 7.17. The fraction of sp³-hybridized carbons (Fsp3) is 0.350. The maximum absolute atomic E-state index is 12.7. The van der Waals surface area contributed by atoms with E-state index in [0.29, 0.717) is 22.3 Å². The van der Waals surface area contributed by atoms with Crippen molar-refractivity contribution in [2.24, 2.45) is 0 Å². The Bertz CT molecular complexity index is 1000. The van der Waals surface area contributed by atoms with Crippen LogP contribution in [0.3, 0.4) is 0 Å². The van der Waals surface area contributed by atoms with E-state index in [2.05, 4.69) is 30.2 Å². The van der Waals surface area contributed by atoms with Gasteiger partial charge in [0, 0.05) is 18.7 Å². The molecule has 29 heavy (non-hydrogen) atoms. The fourth-order valence-corrected chi connectivity index (χ4v) is 4.15. The summed E-state index contributed by atoms with van der Waals surface area (Å²) in [6, 6.07) is 10.1. The van der Waals surface area contributed by atoms with Gasteiger partial charge in [-0.3, -0.25) is 4.79 Å². The van der Waals surface area contributed by atoms with Gasteiger partial charge < -0.3 is 15.0 Å². The zero-order valence-electron chi connectivity index (χ0n) is 16.4. The molecule has 3 aromatic rings. The molecule has 1 amide bonds. The van der Waals surface area contributed by atoms with Crippen LogP contribution < -0.4 is 15.0 Å². The molecule has 3 heterocycles. The van der Waals surface area contributed by atoms with Crippen LogP contribution in [0.1, 0.15) is 34.0 Å². The number of ether oxygens (including phenoxy) is 1. The lowest BCUT2D eigenvalue weighted by Gasteiger charge is -2.16. The van der Waals surface area contributed by atoms with Gasteiger partial charge in [0.2, 0.25) is 5.95 Å². The highest BCUT2D eigenvalue weighted by atomic mass is 32.1. The summed E-state index contributed by atoms with van der Waals surface area (Å²) in [4.78, 5) is 33.1. The van der Waals surface area contributed by atoms with Crippen LogP contribution in [0.5, 0.6) is 6.01 Å². The maximum atomic E-state index is 12.7. The van der Waals surface area contributed by atoms with Gasteiger partial charge in [-0.15, -0.1) is 11.3 Å². The number of rotatable bonds is 6. The molecule has 0 saturated carbocycles. The second-order valence-electron chi connectivity index (χ2n) is 6.71. The molecule has 8 nitrogen and oxygen atoms in total. The Balaban J connectivity index is 1.48.